The van der Waals surface area contributed by atoms with E-state index < -0.39 is 0 Å². The number of likely N-dealkylation sites (N-methyl/N-ethyl adjacent to an activating group) is 1. The van der Waals surface area contributed by atoms with Gasteiger partial charge in [0.25, 0.3) is 0 Å². The molecule has 0 fully saturated rings. The molecule has 0 radical (unpaired) electrons. The Morgan fingerprint density at radius 3 is 2.13 bits per heavy atom. The molecule has 0 aliphatic rings. The highest BCUT2D eigenvalue weighted by atomic mass is 15.2. The van der Waals surface area contributed by atoms with E-state index in [0.717, 1.165) is 13.1 Å². The predicted molar refractivity (Wildman–Crippen MR) is 69.3 cm³/mol. The minimum atomic E-state index is 0.382. The van der Waals surface area contributed by atoms with Crippen LogP contribution in [0.15, 0.2) is 0 Å². The van der Waals surface area contributed by atoms with Crippen LogP contribution in [0.3, 0.4) is 0 Å². The van der Waals surface area contributed by atoms with Crippen LogP contribution >= 0.6 is 0 Å². The van der Waals surface area contributed by atoms with Crippen LogP contribution in [0.25, 0.3) is 0 Å². The summed E-state index contributed by atoms with van der Waals surface area (Å²) >= 11 is 0. The van der Waals surface area contributed by atoms with Gasteiger partial charge in [-0.2, -0.15) is 0 Å². The van der Waals surface area contributed by atoms with E-state index >= 15 is 0 Å². The average Bonchev–Trinajstić information content (AvgIpc) is 2.10. The van der Waals surface area contributed by atoms with E-state index in [1.807, 2.05) is 0 Å². The highest BCUT2D eigenvalue weighted by molar-refractivity contribution is 4.78. The van der Waals surface area contributed by atoms with Gasteiger partial charge in [-0.25, -0.2) is 0 Å². The quantitative estimate of drug-likeness (QED) is 0.731. The molecule has 0 aromatic rings. The minimum absolute atomic E-state index is 0.382. The SMILES string of the molecule is CCCNC(C)C(C)N(C)CC(C)(C)C. The van der Waals surface area contributed by atoms with Crippen molar-refractivity contribution in [2.75, 3.05) is 20.1 Å². The maximum atomic E-state index is 3.56. The third kappa shape index (κ3) is 6.91. The summed E-state index contributed by atoms with van der Waals surface area (Å²) < 4.78 is 0. The fourth-order valence-electron chi connectivity index (χ4n) is 1.82. The van der Waals surface area contributed by atoms with Crippen molar-refractivity contribution in [2.24, 2.45) is 5.41 Å². The zero-order valence-corrected chi connectivity index (χ0v) is 11.7. The van der Waals surface area contributed by atoms with Crippen LogP contribution < -0.4 is 5.32 Å². The van der Waals surface area contributed by atoms with E-state index in [1.54, 1.807) is 0 Å². The van der Waals surface area contributed by atoms with Gasteiger partial charge in [-0.05, 0) is 39.3 Å². The second-order valence-corrected chi connectivity index (χ2v) is 5.96. The Morgan fingerprint density at radius 1 is 1.20 bits per heavy atom. The monoisotopic (exact) mass is 214 g/mol. The molecule has 0 heterocycles. The normalized spacial score (nSPS) is 16.8. The fourth-order valence-corrected chi connectivity index (χ4v) is 1.82. The molecule has 0 saturated heterocycles. The van der Waals surface area contributed by atoms with Crippen molar-refractivity contribution in [3.8, 4) is 0 Å². The van der Waals surface area contributed by atoms with Crippen molar-refractivity contribution in [3.63, 3.8) is 0 Å². The highest BCUT2D eigenvalue weighted by Crippen LogP contribution is 2.16. The molecule has 2 unspecified atom stereocenters. The fraction of sp³-hybridized carbons (Fsp3) is 1.00. The summed E-state index contributed by atoms with van der Waals surface area (Å²) in [7, 11) is 2.22. The summed E-state index contributed by atoms with van der Waals surface area (Å²) in [4.78, 5) is 2.45. The average molecular weight is 214 g/mol. The molecule has 0 aliphatic carbocycles. The van der Waals surface area contributed by atoms with Gasteiger partial charge in [0, 0.05) is 18.6 Å². The van der Waals surface area contributed by atoms with E-state index in [1.165, 1.54) is 6.42 Å². The molecule has 0 aromatic heterocycles. The lowest BCUT2D eigenvalue weighted by Crippen LogP contribution is -2.47. The largest absolute Gasteiger partial charge is 0.313 e. The molecule has 2 heteroatoms. The van der Waals surface area contributed by atoms with Gasteiger partial charge in [0.2, 0.25) is 0 Å². The highest BCUT2D eigenvalue weighted by Gasteiger charge is 2.20. The maximum Gasteiger partial charge on any atom is 0.0215 e. The summed E-state index contributed by atoms with van der Waals surface area (Å²) in [5, 5.41) is 3.56. The second kappa shape index (κ2) is 6.49. The summed E-state index contributed by atoms with van der Waals surface area (Å²) in [6.45, 7) is 15.9. The molecule has 2 nitrogen and oxygen atoms in total. The van der Waals surface area contributed by atoms with Gasteiger partial charge in [0.05, 0.1) is 0 Å². The van der Waals surface area contributed by atoms with Gasteiger partial charge >= 0.3 is 0 Å². The molecular weight excluding hydrogens is 184 g/mol. The standard InChI is InChI=1S/C13H30N2/c1-8-9-14-11(2)12(3)15(7)10-13(4,5)6/h11-12,14H,8-10H2,1-7H3. The van der Waals surface area contributed by atoms with E-state index in [0.29, 0.717) is 17.5 Å². The first-order valence-corrected chi connectivity index (χ1v) is 6.21. The van der Waals surface area contributed by atoms with Crippen LogP contribution in [-0.4, -0.2) is 37.1 Å². The van der Waals surface area contributed by atoms with Gasteiger partial charge in [-0.3, -0.25) is 0 Å². The summed E-state index contributed by atoms with van der Waals surface area (Å²) in [5.41, 5.74) is 0.382. The number of hydrogen-bond donors (Lipinski definition) is 1. The van der Waals surface area contributed by atoms with Crippen LogP contribution in [0.1, 0.15) is 48.0 Å². The van der Waals surface area contributed by atoms with Crippen molar-refractivity contribution in [3.05, 3.63) is 0 Å². The zero-order chi connectivity index (χ0) is 12.1. The van der Waals surface area contributed by atoms with Gasteiger partial charge in [-0.1, -0.05) is 27.7 Å². The lowest BCUT2D eigenvalue weighted by atomic mass is 9.95. The number of nitrogens with zero attached hydrogens (tertiary/aromatic N) is 1. The van der Waals surface area contributed by atoms with Crippen LogP contribution in [0.2, 0.25) is 0 Å². The Bertz CT molecular complexity index is 160. The lowest BCUT2D eigenvalue weighted by molar-refractivity contribution is 0.156. The minimum Gasteiger partial charge on any atom is -0.313 e. The third-order valence-electron chi connectivity index (χ3n) is 2.86. The summed E-state index contributed by atoms with van der Waals surface area (Å²) in [6.07, 6.45) is 1.21. The van der Waals surface area contributed by atoms with Gasteiger partial charge < -0.3 is 10.2 Å². The van der Waals surface area contributed by atoms with Crippen LogP contribution in [0.5, 0.6) is 0 Å². The Balaban J connectivity index is 4.01. The summed E-state index contributed by atoms with van der Waals surface area (Å²) in [5.74, 6) is 0. The van der Waals surface area contributed by atoms with Crippen molar-refractivity contribution in [1.82, 2.24) is 10.2 Å². The van der Waals surface area contributed by atoms with Gasteiger partial charge in [0.1, 0.15) is 0 Å². The van der Waals surface area contributed by atoms with E-state index in [9.17, 15) is 0 Å². The smallest absolute Gasteiger partial charge is 0.0215 e. The van der Waals surface area contributed by atoms with Crippen molar-refractivity contribution < 1.29 is 0 Å². The lowest BCUT2D eigenvalue weighted by Gasteiger charge is -2.35. The number of rotatable bonds is 6. The first-order valence-electron chi connectivity index (χ1n) is 6.21. The molecular formula is C13H30N2. The first kappa shape index (κ1) is 14.9. The molecule has 0 rings (SSSR count). The van der Waals surface area contributed by atoms with E-state index in [2.05, 4.69) is 58.8 Å². The Labute approximate surface area is 96.4 Å². The number of hydrogen-bond acceptors (Lipinski definition) is 2. The second-order valence-electron chi connectivity index (χ2n) is 5.96. The molecule has 0 amide bonds. The van der Waals surface area contributed by atoms with Crippen LogP contribution in [-0.2, 0) is 0 Å². The number of nitrogens with one attached hydrogen (secondary N) is 1. The Kier molecular flexibility index (Phi) is 6.46. The van der Waals surface area contributed by atoms with Crippen molar-refractivity contribution >= 4 is 0 Å². The molecule has 0 aliphatic heterocycles. The van der Waals surface area contributed by atoms with Crippen LogP contribution in [0, 0.1) is 5.41 Å². The van der Waals surface area contributed by atoms with Crippen molar-refractivity contribution in [2.45, 2.75) is 60.0 Å². The van der Waals surface area contributed by atoms with E-state index in [-0.39, 0.29) is 0 Å². The summed E-state index contributed by atoms with van der Waals surface area (Å²) in [6, 6.07) is 1.16. The molecule has 1 N–H and O–H groups in total. The predicted octanol–water partition coefficient (Wildman–Crippen LogP) is 2.74. The topological polar surface area (TPSA) is 15.3 Å². The Morgan fingerprint density at radius 2 is 1.73 bits per heavy atom. The van der Waals surface area contributed by atoms with Crippen LogP contribution in [0.4, 0.5) is 0 Å². The molecule has 0 saturated carbocycles. The van der Waals surface area contributed by atoms with Crippen molar-refractivity contribution in [1.29, 1.82) is 0 Å². The molecule has 0 bridgehead atoms. The molecule has 92 valence electrons. The van der Waals surface area contributed by atoms with Gasteiger partial charge in [-0.15, -0.1) is 0 Å². The first-order chi connectivity index (χ1) is 6.78. The third-order valence-corrected chi connectivity index (χ3v) is 2.86. The molecule has 2 atom stereocenters. The van der Waals surface area contributed by atoms with E-state index in [4.69, 9.17) is 0 Å². The molecule has 0 spiro atoms. The Hall–Kier alpha value is -0.0800. The molecule has 15 heavy (non-hydrogen) atoms. The van der Waals surface area contributed by atoms with Gasteiger partial charge in [0.15, 0.2) is 0 Å². The zero-order valence-electron chi connectivity index (χ0n) is 11.7. The maximum absolute atomic E-state index is 3.56. The molecule has 0 aromatic carbocycles.